The first kappa shape index (κ1) is 20.5. The van der Waals surface area contributed by atoms with E-state index in [9.17, 15) is 14.9 Å². The van der Waals surface area contributed by atoms with E-state index in [1.54, 1.807) is 31.7 Å². The van der Waals surface area contributed by atoms with Crippen LogP contribution in [-0.2, 0) is 22.4 Å². The van der Waals surface area contributed by atoms with Gasteiger partial charge in [0.25, 0.3) is 0 Å². The smallest absolute Gasteiger partial charge is 0.413 e. The lowest BCUT2D eigenvalue weighted by atomic mass is 10.0. The molecule has 0 saturated heterocycles. The molecule has 2 heterocycles. The van der Waals surface area contributed by atoms with Crippen molar-refractivity contribution in [1.29, 1.82) is 5.26 Å². The highest BCUT2D eigenvalue weighted by Crippen LogP contribution is 2.24. The number of amides is 2. The Bertz CT molecular complexity index is 785. The van der Waals surface area contributed by atoms with Crippen LogP contribution in [0.3, 0.4) is 0 Å². The first-order valence-electron chi connectivity index (χ1n) is 8.79. The van der Waals surface area contributed by atoms with Gasteiger partial charge in [-0.15, -0.1) is 0 Å². The summed E-state index contributed by atoms with van der Waals surface area (Å²) in [7, 11) is 0. The van der Waals surface area contributed by atoms with Crippen LogP contribution >= 0.6 is 0 Å². The summed E-state index contributed by atoms with van der Waals surface area (Å²) in [6, 6.07) is 3.67. The molecule has 0 unspecified atom stereocenters. The monoisotopic (exact) mass is 374 g/mol. The van der Waals surface area contributed by atoms with Gasteiger partial charge in [0.05, 0.1) is 12.1 Å². The Kier molecular flexibility index (Phi) is 5.64. The van der Waals surface area contributed by atoms with Crippen LogP contribution in [0, 0.1) is 11.3 Å². The van der Waals surface area contributed by atoms with Gasteiger partial charge in [-0.3, -0.25) is 5.32 Å². The maximum Gasteiger partial charge on any atom is 0.413 e. The van der Waals surface area contributed by atoms with Gasteiger partial charge in [-0.1, -0.05) is 0 Å². The summed E-state index contributed by atoms with van der Waals surface area (Å²) in [4.78, 5) is 30.2. The highest BCUT2D eigenvalue weighted by Gasteiger charge is 2.27. The molecule has 2 rings (SSSR count). The van der Waals surface area contributed by atoms with Gasteiger partial charge < -0.3 is 14.4 Å². The van der Waals surface area contributed by atoms with Crippen LogP contribution in [0.1, 0.15) is 58.4 Å². The maximum atomic E-state index is 12.3. The minimum absolute atomic E-state index is 0.163. The van der Waals surface area contributed by atoms with E-state index in [0.29, 0.717) is 19.5 Å². The summed E-state index contributed by atoms with van der Waals surface area (Å²) in [5.74, 6) is 0.163. The number of hydrogen-bond acceptors (Lipinski definition) is 6. The highest BCUT2D eigenvalue weighted by molar-refractivity contribution is 5.85. The number of nitrogens with one attached hydrogen (secondary N) is 1. The molecule has 0 fully saturated rings. The second-order valence-electron chi connectivity index (χ2n) is 8.38. The van der Waals surface area contributed by atoms with E-state index in [4.69, 9.17) is 9.47 Å². The number of rotatable bonds is 1. The SMILES string of the molecule is CC(C)(C)OC(=O)Nc1nc2c(cc1C#N)CN(C(=O)OC(C)(C)C)CC2. The Morgan fingerprint density at radius 3 is 2.37 bits per heavy atom. The zero-order valence-corrected chi connectivity index (χ0v) is 16.7. The molecule has 1 aliphatic heterocycles. The van der Waals surface area contributed by atoms with E-state index in [0.717, 1.165) is 11.3 Å². The third-order valence-electron chi connectivity index (χ3n) is 3.56. The topological polar surface area (TPSA) is 105 Å². The number of aromatic nitrogens is 1. The minimum Gasteiger partial charge on any atom is -0.444 e. The molecule has 1 aliphatic rings. The molecular formula is C19H26N4O4. The summed E-state index contributed by atoms with van der Waals surface area (Å²) in [6.45, 7) is 11.5. The minimum atomic E-state index is -0.669. The van der Waals surface area contributed by atoms with E-state index in [2.05, 4.69) is 10.3 Å². The molecule has 0 atom stereocenters. The fraction of sp³-hybridized carbons (Fsp3) is 0.579. The predicted octanol–water partition coefficient (Wildman–Crippen LogP) is 3.59. The zero-order chi connectivity index (χ0) is 20.4. The Morgan fingerprint density at radius 2 is 1.81 bits per heavy atom. The van der Waals surface area contributed by atoms with Crippen molar-refractivity contribution in [3.05, 3.63) is 22.9 Å². The molecule has 27 heavy (non-hydrogen) atoms. The molecule has 0 spiro atoms. The molecule has 146 valence electrons. The number of nitrogens with zero attached hydrogens (tertiary/aromatic N) is 3. The lowest BCUT2D eigenvalue weighted by molar-refractivity contribution is 0.0222. The molecule has 8 heteroatoms. The summed E-state index contributed by atoms with van der Waals surface area (Å²) >= 11 is 0. The lowest BCUT2D eigenvalue weighted by Gasteiger charge is -2.31. The van der Waals surface area contributed by atoms with Crippen molar-refractivity contribution >= 4 is 18.0 Å². The highest BCUT2D eigenvalue weighted by atomic mass is 16.6. The molecule has 0 aliphatic carbocycles. The number of ether oxygens (including phenoxy) is 2. The van der Waals surface area contributed by atoms with Crippen molar-refractivity contribution in [2.45, 2.75) is 65.7 Å². The van der Waals surface area contributed by atoms with Crippen LogP contribution in [0.25, 0.3) is 0 Å². The summed E-state index contributed by atoms with van der Waals surface area (Å²) < 4.78 is 10.6. The summed E-state index contributed by atoms with van der Waals surface area (Å²) in [5.41, 5.74) is 0.483. The summed E-state index contributed by atoms with van der Waals surface area (Å²) in [5, 5.41) is 11.9. The average molecular weight is 374 g/mol. The van der Waals surface area contributed by atoms with Crippen molar-refractivity contribution < 1.29 is 19.1 Å². The second kappa shape index (κ2) is 7.43. The van der Waals surface area contributed by atoms with Crippen molar-refractivity contribution in [2.75, 3.05) is 11.9 Å². The number of nitriles is 1. The Hall–Kier alpha value is -2.82. The van der Waals surface area contributed by atoms with E-state index < -0.39 is 23.4 Å². The number of carbonyl (C=O) groups excluding carboxylic acids is 2. The van der Waals surface area contributed by atoms with Crippen molar-refractivity contribution in [1.82, 2.24) is 9.88 Å². The van der Waals surface area contributed by atoms with Crippen molar-refractivity contribution in [3.63, 3.8) is 0 Å². The van der Waals surface area contributed by atoms with Crippen LogP contribution in [0.2, 0.25) is 0 Å². The third-order valence-corrected chi connectivity index (χ3v) is 3.56. The van der Waals surface area contributed by atoms with Gasteiger partial charge >= 0.3 is 12.2 Å². The molecule has 1 N–H and O–H groups in total. The third kappa shape index (κ3) is 5.84. The first-order chi connectivity index (χ1) is 12.4. The predicted molar refractivity (Wildman–Crippen MR) is 99.2 cm³/mol. The molecule has 0 bridgehead atoms. The second-order valence-corrected chi connectivity index (χ2v) is 8.38. The van der Waals surface area contributed by atoms with Crippen LogP contribution in [-0.4, -0.2) is 39.8 Å². The molecular weight excluding hydrogens is 348 g/mol. The van der Waals surface area contributed by atoms with E-state index in [-0.39, 0.29) is 11.4 Å². The van der Waals surface area contributed by atoms with Crippen LogP contribution in [0.5, 0.6) is 0 Å². The van der Waals surface area contributed by atoms with E-state index in [1.165, 1.54) is 0 Å². The maximum absolute atomic E-state index is 12.3. The van der Waals surface area contributed by atoms with Crippen LogP contribution < -0.4 is 5.32 Å². The Balaban J connectivity index is 2.18. The van der Waals surface area contributed by atoms with Crippen molar-refractivity contribution in [3.8, 4) is 6.07 Å². The van der Waals surface area contributed by atoms with Gasteiger partial charge in [-0.05, 0) is 53.2 Å². The van der Waals surface area contributed by atoms with Crippen LogP contribution in [0.4, 0.5) is 15.4 Å². The lowest BCUT2D eigenvalue weighted by Crippen LogP contribution is -2.40. The average Bonchev–Trinajstić information content (AvgIpc) is 2.50. The number of hydrogen-bond donors (Lipinski definition) is 1. The molecule has 1 aromatic rings. The molecule has 8 nitrogen and oxygen atoms in total. The number of pyridine rings is 1. The fourth-order valence-corrected chi connectivity index (χ4v) is 2.53. The molecule has 0 saturated carbocycles. The van der Waals surface area contributed by atoms with Gasteiger partial charge in [-0.2, -0.15) is 5.26 Å². The molecule has 1 aromatic heterocycles. The Labute approximate surface area is 159 Å². The molecule has 2 amide bonds. The van der Waals surface area contributed by atoms with Gasteiger partial charge in [0.1, 0.15) is 17.3 Å². The van der Waals surface area contributed by atoms with Gasteiger partial charge in [-0.25, -0.2) is 14.6 Å². The van der Waals surface area contributed by atoms with Gasteiger partial charge in [0.15, 0.2) is 5.82 Å². The zero-order valence-electron chi connectivity index (χ0n) is 16.7. The number of fused-ring (bicyclic) bond motifs is 1. The van der Waals surface area contributed by atoms with E-state index >= 15 is 0 Å². The molecule has 0 aromatic carbocycles. The largest absolute Gasteiger partial charge is 0.444 e. The fourth-order valence-electron chi connectivity index (χ4n) is 2.53. The standard InChI is InChI=1S/C19H26N4O4/c1-18(2,3)26-16(24)22-15-12(10-20)9-13-11-23(8-7-14(13)21-15)17(25)27-19(4,5)6/h9H,7-8,11H2,1-6H3,(H,21,22,24). The van der Waals surface area contributed by atoms with Crippen LogP contribution in [0.15, 0.2) is 6.07 Å². The summed E-state index contributed by atoms with van der Waals surface area (Å²) in [6.07, 6.45) is -0.566. The van der Waals surface area contributed by atoms with Gasteiger partial charge in [0, 0.05) is 18.7 Å². The quantitative estimate of drug-likeness (QED) is 0.805. The number of anilines is 1. The Morgan fingerprint density at radius 1 is 1.19 bits per heavy atom. The van der Waals surface area contributed by atoms with E-state index in [1.807, 2.05) is 26.8 Å². The molecule has 0 radical (unpaired) electrons. The normalized spacial score (nSPS) is 14.0. The van der Waals surface area contributed by atoms with Crippen molar-refractivity contribution in [2.24, 2.45) is 0 Å². The first-order valence-corrected chi connectivity index (χ1v) is 8.79. The van der Waals surface area contributed by atoms with Gasteiger partial charge in [0.2, 0.25) is 0 Å². The number of carbonyl (C=O) groups is 2.